The van der Waals surface area contributed by atoms with Crippen LogP contribution < -0.4 is 10.1 Å². The molecule has 0 radical (unpaired) electrons. The van der Waals surface area contributed by atoms with E-state index in [2.05, 4.69) is 10.4 Å². The second-order valence-electron chi connectivity index (χ2n) is 10.4. The molecule has 1 saturated heterocycles. The largest absolute Gasteiger partial charge is 0.483 e. The molecule has 5 rings (SSSR count). The number of aryl methyl sites for hydroxylation is 1. The Morgan fingerprint density at radius 1 is 1.27 bits per heavy atom. The molecule has 0 spiro atoms. The number of likely N-dealkylation sites (tertiary alicyclic amines) is 1. The fraction of sp³-hybridized carbons (Fsp3) is 0.379. The molecule has 2 amide bonds. The van der Waals surface area contributed by atoms with Gasteiger partial charge in [0.2, 0.25) is 5.91 Å². The molecule has 3 N–H and O–H groups in total. The number of hydrogen-bond donors (Lipinski definition) is 3. The van der Waals surface area contributed by atoms with Crippen molar-refractivity contribution < 1.29 is 33.3 Å². The smallest absolute Gasteiger partial charge is 0.301 e. The highest BCUT2D eigenvalue weighted by Gasteiger charge is 2.48. The van der Waals surface area contributed by atoms with Crippen molar-refractivity contribution in [3.63, 3.8) is 0 Å². The molecule has 41 heavy (non-hydrogen) atoms. The average Bonchev–Trinajstić information content (AvgIpc) is 3.66. The van der Waals surface area contributed by atoms with Gasteiger partial charge in [0.15, 0.2) is 12.2 Å². The molecule has 3 aromatic rings. The molecule has 4 atom stereocenters. The summed E-state index contributed by atoms with van der Waals surface area (Å²) in [7, 11) is 1.83. The number of aliphatic hydroxyl groups excluding tert-OH is 2. The number of nitrogens with zero attached hydrogens (tertiary/aromatic N) is 4. The molecule has 10 nitrogen and oxygen atoms in total. The zero-order chi connectivity index (χ0) is 29.3. The SMILES string of the molecule is Cn1cc([C@@H]2C[C@H]2C(=O)Nc2cccc(-c3ccc(O[C@H]4CCN(C(=O)[C@@H](O)CO)CC4(F)F)c(C#N)c3)c2)cn1. The van der Waals surface area contributed by atoms with E-state index in [1.807, 2.05) is 25.4 Å². The number of rotatable bonds is 8. The Morgan fingerprint density at radius 3 is 2.73 bits per heavy atom. The number of piperidine rings is 1. The number of aliphatic hydroxyl groups is 2. The Kier molecular flexibility index (Phi) is 7.75. The van der Waals surface area contributed by atoms with E-state index >= 15 is 0 Å². The van der Waals surface area contributed by atoms with Crippen LogP contribution in [-0.2, 0) is 16.6 Å². The summed E-state index contributed by atoms with van der Waals surface area (Å²) in [6.45, 7) is -1.94. The summed E-state index contributed by atoms with van der Waals surface area (Å²) in [6.07, 6.45) is 0.858. The van der Waals surface area contributed by atoms with Crippen molar-refractivity contribution in [2.45, 2.75) is 36.9 Å². The van der Waals surface area contributed by atoms with E-state index in [-0.39, 0.29) is 42.0 Å². The molecule has 0 bridgehead atoms. The number of nitrogens with one attached hydrogen (secondary N) is 1. The summed E-state index contributed by atoms with van der Waals surface area (Å²) >= 11 is 0. The number of nitriles is 1. The van der Waals surface area contributed by atoms with Gasteiger partial charge in [-0.2, -0.15) is 10.4 Å². The fourth-order valence-corrected chi connectivity index (χ4v) is 5.09. The quantitative estimate of drug-likeness (QED) is 0.381. The summed E-state index contributed by atoms with van der Waals surface area (Å²) in [6, 6.07) is 13.7. The molecule has 214 valence electrons. The van der Waals surface area contributed by atoms with E-state index < -0.39 is 37.2 Å². The lowest BCUT2D eigenvalue weighted by Gasteiger charge is -2.38. The third kappa shape index (κ3) is 6.06. The molecule has 1 aliphatic heterocycles. The predicted octanol–water partition coefficient (Wildman–Crippen LogP) is 2.67. The maximum atomic E-state index is 14.9. The number of amides is 2. The Labute approximate surface area is 234 Å². The normalized spacial score (nSPS) is 22.0. The van der Waals surface area contributed by atoms with E-state index in [9.17, 15) is 28.7 Å². The average molecular weight is 566 g/mol. The lowest BCUT2D eigenvalue weighted by molar-refractivity contribution is -0.167. The van der Waals surface area contributed by atoms with Crippen LogP contribution in [0.25, 0.3) is 11.1 Å². The van der Waals surface area contributed by atoms with Gasteiger partial charge in [-0.25, -0.2) is 8.78 Å². The van der Waals surface area contributed by atoms with E-state index in [0.717, 1.165) is 16.9 Å². The summed E-state index contributed by atoms with van der Waals surface area (Å²) in [5.41, 5.74) is 3.03. The molecule has 0 unspecified atom stereocenters. The first-order valence-corrected chi connectivity index (χ1v) is 13.2. The molecular formula is C29H29F2N5O5. The molecule has 12 heteroatoms. The Balaban J connectivity index is 1.25. The monoisotopic (exact) mass is 565 g/mol. The van der Waals surface area contributed by atoms with E-state index in [1.54, 1.807) is 35.1 Å². The first kappa shape index (κ1) is 28.2. The van der Waals surface area contributed by atoms with Crippen LogP contribution in [0.1, 0.15) is 29.9 Å². The van der Waals surface area contributed by atoms with Crippen molar-refractivity contribution in [3.8, 4) is 22.9 Å². The number of anilines is 1. The highest BCUT2D eigenvalue weighted by Crippen LogP contribution is 2.48. The van der Waals surface area contributed by atoms with Crippen LogP contribution >= 0.6 is 0 Å². The topological polar surface area (TPSA) is 141 Å². The number of benzene rings is 2. The molecule has 2 aromatic carbocycles. The minimum atomic E-state index is -3.45. The van der Waals surface area contributed by atoms with Gasteiger partial charge < -0.3 is 25.2 Å². The van der Waals surface area contributed by atoms with Crippen LogP contribution in [-0.4, -0.2) is 74.5 Å². The number of ether oxygens (including phenoxy) is 1. The summed E-state index contributed by atoms with van der Waals surface area (Å²) in [4.78, 5) is 25.6. The van der Waals surface area contributed by atoms with E-state index in [0.29, 0.717) is 16.8 Å². The first-order chi connectivity index (χ1) is 19.6. The summed E-state index contributed by atoms with van der Waals surface area (Å²) in [5.74, 6) is -4.51. The first-order valence-electron chi connectivity index (χ1n) is 13.2. The Bertz CT molecular complexity index is 1500. The minimum absolute atomic E-state index is 0.0178. The fourth-order valence-electron chi connectivity index (χ4n) is 5.09. The minimum Gasteiger partial charge on any atom is -0.483 e. The number of alkyl halides is 2. The Morgan fingerprint density at radius 2 is 2.05 bits per heavy atom. The van der Waals surface area contributed by atoms with Crippen molar-refractivity contribution in [3.05, 3.63) is 66.0 Å². The van der Waals surface area contributed by atoms with Crippen LogP contribution in [0.5, 0.6) is 5.75 Å². The highest BCUT2D eigenvalue weighted by atomic mass is 19.3. The standard InChI is InChI=1S/C29H29F2N5O5/c1-35-14-20(13-33-35)22-11-23(22)27(39)34-21-4-2-3-17(10-21)18-5-6-25(19(9-18)12-32)41-26-7-8-36(16-29(26,30)31)28(40)24(38)15-37/h2-6,9-10,13-14,22-24,26,37-38H,7-8,11,15-16H2,1H3,(H,34,39)/t22-,23+,24-,26-/m0/s1. The van der Waals surface area contributed by atoms with Gasteiger partial charge in [0.1, 0.15) is 11.8 Å². The molecule has 1 aromatic heterocycles. The molecule has 2 aliphatic rings. The number of carbonyl (C=O) groups is 2. The zero-order valence-corrected chi connectivity index (χ0v) is 22.2. The molecule has 2 fully saturated rings. The second kappa shape index (κ2) is 11.3. The number of halogens is 2. The van der Waals surface area contributed by atoms with Gasteiger partial charge in [-0.15, -0.1) is 0 Å². The predicted molar refractivity (Wildman–Crippen MR) is 143 cm³/mol. The van der Waals surface area contributed by atoms with Crippen LogP contribution in [0.3, 0.4) is 0 Å². The van der Waals surface area contributed by atoms with Gasteiger partial charge in [0.25, 0.3) is 5.91 Å². The lowest BCUT2D eigenvalue weighted by atomic mass is 10.0. The summed E-state index contributed by atoms with van der Waals surface area (Å²) in [5, 5.41) is 35.3. The maximum Gasteiger partial charge on any atom is 0.301 e. The van der Waals surface area contributed by atoms with Gasteiger partial charge in [0, 0.05) is 37.8 Å². The summed E-state index contributed by atoms with van der Waals surface area (Å²) < 4.78 is 37.0. The van der Waals surface area contributed by atoms with Gasteiger partial charge in [-0.1, -0.05) is 18.2 Å². The zero-order valence-electron chi connectivity index (χ0n) is 22.2. The molecule has 2 heterocycles. The third-order valence-electron chi connectivity index (χ3n) is 7.42. The van der Waals surface area contributed by atoms with Crippen LogP contribution in [0.4, 0.5) is 14.5 Å². The van der Waals surface area contributed by atoms with E-state index in [4.69, 9.17) is 9.84 Å². The third-order valence-corrected chi connectivity index (χ3v) is 7.42. The van der Waals surface area contributed by atoms with Crippen LogP contribution in [0, 0.1) is 17.2 Å². The number of aromatic nitrogens is 2. The molecule has 1 saturated carbocycles. The number of hydrogen-bond acceptors (Lipinski definition) is 7. The van der Waals surface area contributed by atoms with Crippen molar-refractivity contribution in [2.24, 2.45) is 13.0 Å². The van der Waals surface area contributed by atoms with Gasteiger partial charge >= 0.3 is 5.92 Å². The van der Waals surface area contributed by atoms with Crippen molar-refractivity contribution in [2.75, 3.05) is 25.0 Å². The maximum absolute atomic E-state index is 14.9. The van der Waals surface area contributed by atoms with Crippen LogP contribution in [0.15, 0.2) is 54.9 Å². The van der Waals surface area contributed by atoms with E-state index in [1.165, 1.54) is 12.1 Å². The Hall–Kier alpha value is -4.34. The second-order valence-corrected chi connectivity index (χ2v) is 10.4. The molecule has 1 aliphatic carbocycles. The van der Waals surface area contributed by atoms with Gasteiger partial charge in [-0.05, 0) is 53.3 Å². The van der Waals surface area contributed by atoms with Crippen molar-refractivity contribution in [1.29, 1.82) is 5.26 Å². The van der Waals surface area contributed by atoms with Gasteiger partial charge in [-0.3, -0.25) is 14.3 Å². The lowest BCUT2D eigenvalue weighted by Crippen LogP contribution is -2.57. The van der Waals surface area contributed by atoms with Gasteiger partial charge in [0.05, 0.1) is 24.9 Å². The highest BCUT2D eigenvalue weighted by molar-refractivity contribution is 5.95. The molecular weight excluding hydrogens is 536 g/mol. The number of carbonyl (C=O) groups excluding carboxylic acids is 2. The van der Waals surface area contributed by atoms with Crippen molar-refractivity contribution >= 4 is 17.5 Å². The van der Waals surface area contributed by atoms with Crippen LogP contribution in [0.2, 0.25) is 0 Å². The van der Waals surface area contributed by atoms with Crippen molar-refractivity contribution in [1.82, 2.24) is 14.7 Å².